The third-order valence-electron chi connectivity index (χ3n) is 1.94. The Bertz CT molecular complexity index is 363. The summed E-state index contributed by atoms with van der Waals surface area (Å²) >= 11 is 5.73. The minimum absolute atomic E-state index is 0.119. The van der Waals surface area contributed by atoms with Gasteiger partial charge in [0.1, 0.15) is 0 Å². The summed E-state index contributed by atoms with van der Waals surface area (Å²) in [5.41, 5.74) is 1.04. The lowest BCUT2D eigenvalue weighted by molar-refractivity contribution is 0.0920. The molecular weight excluding hydrogens is 212 g/mol. The van der Waals surface area contributed by atoms with Crippen molar-refractivity contribution in [3.8, 4) is 0 Å². The number of nitrogens with one attached hydrogen (secondary N) is 1. The number of aryl methyl sites for hydroxylation is 1. The Morgan fingerprint density at radius 3 is 2.80 bits per heavy atom. The van der Waals surface area contributed by atoms with E-state index in [4.69, 9.17) is 11.6 Å². The average molecular weight is 227 g/mol. The minimum atomic E-state index is -0.393. The lowest BCUT2D eigenvalue weighted by Crippen LogP contribution is -2.44. The van der Waals surface area contributed by atoms with Crippen molar-refractivity contribution < 1.29 is 4.79 Å². The smallest absolute Gasteiger partial charge is 0.251 e. The van der Waals surface area contributed by atoms with Gasteiger partial charge in [0, 0.05) is 28.9 Å². The molecule has 0 unspecified atom stereocenters. The number of nitrogens with zero attached hydrogens (tertiary/aromatic N) is 1. The van der Waals surface area contributed by atoms with E-state index in [0.717, 1.165) is 5.69 Å². The van der Waals surface area contributed by atoms with Crippen LogP contribution < -0.4 is 5.32 Å². The number of hydrogen-bond acceptors (Lipinski definition) is 2. The van der Waals surface area contributed by atoms with Crippen molar-refractivity contribution in [2.24, 2.45) is 0 Å². The maximum atomic E-state index is 11.8. The molecule has 0 spiro atoms. The van der Waals surface area contributed by atoms with Gasteiger partial charge in [0.05, 0.1) is 0 Å². The number of hydrogen-bond donors (Lipinski definition) is 1. The summed E-state index contributed by atoms with van der Waals surface area (Å²) in [5.74, 6) is 0.258. The van der Waals surface area contributed by atoms with Crippen LogP contribution in [0.5, 0.6) is 0 Å². The zero-order chi connectivity index (χ0) is 11.5. The van der Waals surface area contributed by atoms with Crippen LogP contribution in [0, 0.1) is 6.92 Å². The Hall–Kier alpha value is -1.09. The van der Waals surface area contributed by atoms with Crippen LogP contribution in [0.25, 0.3) is 0 Å². The van der Waals surface area contributed by atoms with E-state index in [1.54, 1.807) is 18.3 Å². The lowest BCUT2D eigenvalue weighted by atomic mass is 10.1. The Kier molecular flexibility index (Phi) is 3.69. The summed E-state index contributed by atoms with van der Waals surface area (Å²) in [7, 11) is 0. The molecule has 3 nitrogen and oxygen atoms in total. The SMILES string of the molecule is Cc1cc(C(=O)NC(C)(C)CCl)ccn1. The molecule has 0 atom stereocenters. The molecule has 1 heterocycles. The number of carbonyl (C=O) groups is 1. The van der Waals surface area contributed by atoms with Crippen molar-refractivity contribution in [1.29, 1.82) is 0 Å². The van der Waals surface area contributed by atoms with E-state index in [2.05, 4.69) is 10.3 Å². The Labute approximate surface area is 94.9 Å². The molecule has 4 heteroatoms. The molecule has 82 valence electrons. The van der Waals surface area contributed by atoms with Crippen molar-refractivity contribution in [2.75, 3.05) is 5.88 Å². The predicted octanol–water partition coefficient (Wildman–Crippen LogP) is 2.14. The maximum Gasteiger partial charge on any atom is 0.251 e. The first-order chi connectivity index (χ1) is 6.94. The highest BCUT2D eigenvalue weighted by atomic mass is 35.5. The van der Waals surface area contributed by atoms with Crippen molar-refractivity contribution in [3.05, 3.63) is 29.6 Å². The van der Waals surface area contributed by atoms with Crippen LogP contribution in [-0.4, -0.2) is 22.3 Å². The van der Waals surface area contributed by atoms with Gasteiger partial charge in [-0.1, -0.05) is 0 Å². The van der Waals surface area contributed by atoms with Crippen LogP contribution in [0.2, 0.25) is 0 Å². The van der Waals surface area contributed by atoms with Gasteiger partial charge >= 0.3 is 0 Å². The number of carbonyl (C=O) groups excluding carboxylic acids is 1. The van der Waals surface area contributed by atoms with Gasteiger partial charge in [-0.15, -0.1) is 11.6 Å². The second-order valence-electron chi connectivity index (χ2n) is 4.16. The number of aromatic nitrogens is 1. The van der Waals surface area contributed by atoms with Crippen LogP contribution in [0.15, 0.2) is 18.3 Å². The molecule has 1 amide bonds. The molecule has 0 saturated heterocycles. The normalized spacial score (nSPS) is 11.2. The summed E-state index contributed by atoms with van der Waals surface area (Å²) in [6, 6.07) is 3.44. The Morgan fingerprint density at radius 2 is 2.27 bits per heavy atom. The van der Waals surface area contributed by atoms with Gasteiger partial charge in [0.25, 0.3) is 5.91 Å². The number of halogens is 1. The van der Waals surface area contributed by atoms with Gasteiger partial charge in [-0.2, -0.15) is 0 Å². The fourth-order valence-corrected chi connectivity index (χ4v) is 1.17. The van der Waals surface area contributed by atoms with E-state index in [9.17, 15) is 4.79 Å². The number of pyridine rings is 1. The first-order valence-corrected chi connectivity index (χ1v) is 5.29. The van der Waals surface area contributed by atoms with Crippen LogP contribution in [0.4, 0.5) is 0 Å². The second-order valence-corrected chi connectivity index (χ2v) is 4.42. The molecule has 0 bridgehead atoms. The van der Waals surface area contributed by atoms with E-state index in [1.165, 1.54) is 0 Å². The fourth-order valence-electron chi connectivity index (χ4n) is 1.10. The van der Waals surface area contributed by atoms with Crippen LogP contribution in [0.1, 0.15) is 29.9 Å². The van der Waals surface area contributed by atoms with Crippen molar-refractivity contribution in [3.63, 3.8) is 0 Å². The van der Waals surface area contributed by atoms with Crippen LogP contribution in [0.3, 0.4) is 0 Å². The average Bonchev–Trinajstić information content (AvgIpc) is 2.17. The largest absolute Gasteiger partial charge is 0.346 e. The topological polar surface area (TPSA) is 42.0 Å². The molecule has 1 rings (SSSR count). The molecule has 15 heavy (non-hydrogen) atoms. The van der Waals surface area contributed by atoms with E-state index >= 15 is 0 Å². The zero-order valence-corrected chi connectivity index (χ0v) is 9.93. The highest BCUT2D eigenvalue weighted by Crippen LogP contribution is 2.07. The third-order valence-corrected chi connectivity index (χ3v) is 2.61. The zero-order valence-electron chi connectivity index (χ0n) is 9.17. The lowest BCUT2D eigenvalue weighted by Gasteiger charge is -2.23. The molecule has 0 aliphatic rings. The molecule has 0 aliphatic carbocycles. The van der Waals surface area contributed by atoms with Gasteiger partial charge in [-0.25, -0.2) is 0 Å². The highest BCUT2D eigenvalue weighted by molar-refractivity contribution is 6.18. The summed E-state index contributed by atoms with van der Waals surface area (Å²) in [6.45, 7) is 5.61. The van der Waals surface area contributed by atoms with E-state index in [-0.39, 0.29) is 5.91 Å². The molecule has 1 N–H and O–H groups in total. The molecule has 0 aliphatic heterocycles. The first-order valence-electron chi connectivity index (χ1n) is 4.76. The molecule has 0 radical (unpaired) electrons. The van der Waals surface area contributed by atoms with Crippen molar-refractivity contribution in [1.82, 2.24) is 10.3 Å². The van der Waals surface area contributed by atoms with Crippen LogP contribution in [-0.2, 0) is 0 Å². The quantitative estimate of drug-likeness (QED) is 0.803. The number of alkyl halides is 1. The molecule has 0 aromatic carbocycles. The summed E-state index contributed by atoms with van der Waals surface area (Å²) in [6.07, 6.45) is 1.62. The van der Waals surface area contributed by atoms with Gasteiger partial charge < -0.3 is 5.32 Å². The third kappa shape index (κ3) is 3.51. The van der Waals surface area contributed by atoms with Gasteiger partial charge in [0.2, 0.25) is 0 Å². The van der Waals surface area contributed by atoms with Crippen molar-refractivity contribution >= 4 is 17.5 Å². The van der Waals surface area contributed by atoms with Gasteiger partial charge in [0.15, 0.2) is 0 Å². The molecule has 1 aromatic rings. The Balaban J connectivity index is 2.78. The molecular formula is C11H15ClN2O. The van der Waals surface area contributed by atoms with E-state index in [1.807, 2.05) is 20.8 Å². The number of amides is 1. The van der Waals surface area contributed by atoms with E-state index < -0.39 is 5.54 Å². The predicted molar refractivity (Wildman–Crippen MR) is 61.2 cm³/mol. The summed E-state index contributed by atoms with van der Waals surface area (Å²) < 4.78 is 0. The monoisotopic (exact) mass is 226 g/mol. The maximum absolute atomic E-state index is 11.8. The molecule has 1 aromatic heterocycles. The minimum Gasteiger partial charge on any atom is -0.346 e. The summed E-state index contributed by atoms with van der Waals surface area (Å²) in [4.78, 5) is 15.8. The fraction of sp³-hybridized carbons (Fsp3) is 0.455. The van der Waals surface area contributed by atoms with Crippen molar-refractivity contribution in [2.45, 2.75) is 26.3 Å². The molecule has 0 fully saturated rings. The van der Waals surface area contributed by atoms with Gasteiger partial charge in [-0.05, 0) is 32.9 Å². The highest BCUT2D eigenvalue weighted by Gasteiger charge is 2.19. The van der Waals surface area contributed by atoms with Crippen LogP contribution >= 0.6 is 11.6 Å². The van der Waals surface area contributed by atoms with Gasteiger partial charge in [-0.3, -0.25) is 9.78 Å². The first kappa shape index (κ1) is 12.0. The number of rotatable bonds is 3. The molecule has 0 saturated carbocycles. The second kappa shape index (κ2) is 4.62. The summed E-state index contributed by atoms with van der Waals surface area (Å²) in [5, 5.41) is 2.85. The van der Waals surface area contributed by atoms with E-state index in [0.29, 0.717) is 11.4 Å². The Morgan fingerprint density at radius 1 is 1.60 bits per heavy atom. The standard InChI is InChI=1S/C11H15ClN2O/c1-8-6-9(4-5-13-8)10(15)14-11(2,3)7-12/h4-6H,7H2,1-3H3,(H,14,15).